The summed E-state index contributed by atoms with van der Waals surface area (Å²) in [4.78, 5) is 12.2. The third-order valence-corrected chi connectivity index (χ3v) is 5.78. The van der Waals surface area contributed by atoms with E-state index in [-0.39, 0.29) is 10.9 Å². The summed E-state index contributed by atoms with van der Waals surface area (Å²) in [7, 11) is 0. The zero-order chi connectivity index (χ0) is 23.3. The molecule has 3 aromatic rings. The van der Waals surface area contributed by atoms with Crippen LogP contribution in [0.5, 0.6) is 5.75 Å². The molecule has 0 aliphatic rings. The van der Waals surface area contributed by atoms with Gasteiger partial charge in [0.05, 0.1) is 5.69 Å². The molecule has 0 fully saturated rings. The molecule has 1 amide bonds. The first-order chi connectivity index (χ1) is 15.3. The number of hydrogen-bond acceptors (Lipinski definition) is 4. The first-order valence-electron chi connectivity index (χ1n) is 10.3. The van der Waals surface area contributed by atoms with Gasteiger partial charge < -0.3 is 14.8 Å². The van der Waals surface area contributed by atoms with Crippen LogP contribution in [0.3, 0.4) is 0 Å². The highest BCUT2D eigenvalue weighted by Crippen LogP contribution is 2.29. The number of hydrogen-bond donors (Lipinski definition) is 3. The number of nitrogens with one attached hydrogen (secondary N) is 2. The number of phenols is 1. The molecule has 1 aromatic heterocycles. The number of thiocarbonyl (C=S) groups is 1. The van der Waals surface area contributed by atoms with Crippen molar-refractivity contribution in [2.24, 2.45) is 0 Å². The van der Waals surface area contributed by atoms with E-state index < -0.39 is 5.91 Å². The van der Waals surface area contributed by atoms with Crippen molar-refractivity contribution in [3.63, 3.8) is 0 Å². The fourth-order valence-electron chi connectivity index (χ4n) is 3.00. The van der Waals surface area contributed by atoms with E-state index in [1.165, 1.54) is 6.08 Å². The predicted octanol–water partition coefficient (Wildman–Crippen LogP) is 6.65. The minimum Gasteiger partial charge on any atom is -0.506 e. The van der Waals surface area contributed by atoms with Crippen LogP contribution in [-0.2, 0) is 4.79 Å². The van der Waals surface area contributed by atoms with Crippen LogP contribution in [0.2, 0.25) is 5.02 Å². The van der Waals surface area contributed by atoms with E-state index in [0.717, 1.165) is 23.1 Å². The summed E-state index contributed by atoms with van der Waals surface area (Å²) >= 11 is 11.4. The average Bonchev–Trinajstić information content (AvgIpc) is 3.24. The van der Waals surface area contributed by atoms with E-state index in [0.29, 0.717) is 28.1 Å². The number of carbonyl (C=O) groups excluding carboxylic acids is 1. The van der Waals surface area contributed by atoms with Crippen molar-refractivity contribution in [2.75, 3.05) is 5.32 Å². The molecule has 3 N–H and O–H groups in total. The average molecular weight is 469 g/mol. The topological polar surface area (TPSA) is 74.5 Å². The predicted molar refractivity (Wildman–Crippen MR) is 134 cm³/mol. The maximum absolute atomic E-state index is 12.2. The molecule has 5 nitrogen and oxygen atoms in total. The molecule has 0 aliphatic heterocycles. The van der Waals surface area contributed by atoms with Crippen LogP contribution in [0.25, 0.3) is 17.4 Å². The smallest absolute Gasteiger partial charge is 0.250 e. The van der Waals surface area contributed by atoms with Crippen LogP contribution in [0.4, 0.5) is 5.69 Å². The lowest BCUT2D eigenvalue weighted by atomic mass is 9.98. The Bertz CT molecular complexity index is 1170. The summed E-state index contributed by atoms with van der Waals surface area (Å²) in [6.07, 6.45) is 3.86. The van der Waals surface area contributed by atoms with E-state index >= 15 is 0 Å². The Morgan fingerprint density at radius 2 is 2.00 bits per heavy atom. The number of rotatable bonds is 6. The molecule has 0 saturated carbocycles. The number of halogens is 1. The van der Waals surface area contributed by atoms with Crippen molar-refractivity contribution in [1.82, 2.24) is 5.32 Å². The van der Waals surface area contributed by atoms with Crippen molar-refractivity contribution in [3.05, 3.63) is 76.5 Å². The molecule has 7 heteroatoms. The van der Waals surface area contributed by atoms with Crippen molar-refractivity contribution >= 4 is 46.6 Å². The standard InChI is InChI=1S/C25H25ClN2O3S/c1-4-15(2)17-7-10-22(29)21(14-17)27-25(32)28-24(30)12-9-19-8-11-23(31-19)18-6-5-16(3)20(26)13-18/h5-15,29H,4H2,1-3H3,(H2,27,28,30,32)/b12-9+/t15-/m0/s1. The number of phenolic OH excluding ortho intramolecular Hbond substituents is 1. The normalized spacial score (nSPS) is 12.0. The Kier molecular flexibility index (Phi) is 7.72. The molecule has 0 bridgehead atoms. The molecule has 0 saturated heterocycles. The van der Waals surface area contributed by atoms with Gasteiger partial charge in [-0.25, -0.2) is 0 Å². The van der Waals surface area contributed by atoms with Crippen LogP contribution in [0, 0.1) is 6.92 Å². The highest BCUT2D eigenvalue weighted by molar-refractivity contribution is 7.80. The number of aryl methyl sites for hydroxylation is 1. The van der Waals surface area contributed by atoms with E-state index in [1.807, 2.05) is 43.3 Å². The largest absolute Gasteiger partial charge is 0.506 e. The van der Waals surface area contributed by atoms with Crippen LogP contribution in [0.15, 0.2) is 59.0 Å². The van der Waals surface area contributed by atoms with Gasteiger partial charge in [-0.15, -0.1) is 0 Å². The van der Waals surface area contributed by atoms with E-state index in [1.54, 1.807) is 18.2 Å². The quantitative estimate of drug-likeness (QED) is 0.214. The zero-order valence-corrected chi connectivity index (χ0v) is 19.7. The Hall–Kier alpha value is -3.09. The Labute approximate surface area is 198 Å². The third kappa shape index (κ3) is 5.99. The lowest BCUT2D eigenvalue weighted by molar-refractivity contribution is -0.115. The second-order valence-corrected chi connectivity index (χ2v) is 8.34. The highest BCUT2D eigenvalue weighted by Gasteiger charge is 2.10. The molecule has 0 unspecified atom stereocenters. The molecule has 0 aliphatic carbocycles. The van der Waals surface area contributed by atoms with Gasteiger partial charge in [-0.2, -0.15) is 0 Å². The number of benzene rings is 2. The van der Waals surface area contributed by atoms with Gasteiger partial charge >= 0.3 is 0 Å². The minimum atomic E-state index is -0.420. The van der Waals surface area contributed by atoms with Gasteiger partial charge in [0.1, 0.15) is 17.3 Å². The van der Waals surface area contributed by atoms with Crippen LogP contribution < -0.4 is 10.6 Å². The van der Waals surface area contributed by atoms with Gasteiger partial charge in [0.2, 0.25) is 5.91 Å². The Morgan fingerprint density at radius 3 is 2.72 bits per heavy atom. The summed E-state index contributed by atoms with van der Waals surface area (Å²) < 4.78 is 5.77. The number of anilines is 1. The van der Waals surface area contributed by atoms with E-state index in [2.05, 4.69) is 24.5 Å². The maximum Gasteiger partial charge on any atom is 0.250 e. The van der Waals surface area contributed by atoms with Gasteiger partial charge in [0, 0.05) is 16.7 Å². The summed E-state index contributed by atoms with van der Waals surface area (Å²) in [6.45, 7) is 6.14. The van der Waals surface area contributed by atoms with Crippen molar-refractivity contribution in [2.45, 2.75) is 33.1 Å². The second kappa shape index (κ2) is 10.5. The lowest BCUT2D eigenvalue weighted by Crippen LogP contribution is -2.32. The van der Waals surface area contributed by atoms with E-state index in [4.69, 9.17) is 28.2 Å². The fraction of sp³-hybridized carbons (Fsp3) is 0.200. The molecule has 1 atom stereocenters. The van der Waals surface area contributed by atoms with Gasteiger partial charge in [-0.05, 0) is 79.0 Å². The molecule has 32 heavy (non-hydrogen) atoms. The fourth-order valence-corrected chi connectivity index (χ4v) is 3.40. The summed E-state index contributed by atoms with van der Waals surface area (Å²) in [5.74, 6) is 1.15. The number of furan rings is 1. The molecule has 0 radical (unpaired) electrons. The molecular weight excluding hydrogens is 444 g/mol. The number of aromatic hydroxyl groups is 1. The molecule has 2 aromatic carbocycles. The van der Waals surface area contributed by atoms with Crippen LogP contribution >= 0.6 is 23.8 Å². The van der Waals surface area contributed by atoms with Crippen LogP contribution in [0.1, 0.15) is 43.1 Å². The van der Waals surface area contributed by atoms with E-state index in [9.17, 15) is 9.90 Å². The SMILES string of the molecule is CC[C@H](C)c1ccc(O)c(NC(=S)NC(=O)/C=C/c2ccc(-c3ccc(C)c(Cl)c3)o2)c1. The monoisotopic (exact) mass is 468 g/mol. The molecule has 1 heterocycles. The Morgan fingerprint density at radius 1 is 1.22 bits per heavy atom. The lowest BCUT2D eigenvalue weighted by Gasteiger charge is -2.14. The van der Waals surface area contributed by atoms with Gasteiger partial charge in [-0.3, -0.25) is 10.1 Å². The number of amides is 1. The third-order valence-electron chi connectivity index (χ3n) is 5.17. The maximum atomic E-state index is 12.2. The molecule has 3 rings (SSSR count). The van der Waals surface area contributed by atoms with Gasteiger partial charge in [0.25, 0.3) is 0 Å². The van der Waals surface area contributed by atoms with Crippen molar-refractivity contribution in [3.8, 4) is 17.1 Å². The number of carbonyl (C=O) groups is 1. The summed E-state index contributed by atoms with van der Waals surface area (Å²) in [5.41, 5.74) is 3.37. The first-order valence-corrected chi connectivity index (χ1v) is 11.0. The second-order valence-electron chi connectivity index (χ2n) is 7.53. The van der Waals surface area contributed by atoms with Gasteiger partial charge in [-0.1, -0.05) is 43.6 Å². The minimum absolute atomic E-state index is 0.0588. The summed E-state index contributed by atoms with van der Waals surface area (Å²) in [5, 5.41) is 16.3. The molecule has 0 spiro atoms. The van der Waals surface area contributed by atoms with Crippen molar-refractivity contribution in [1.29, 1.82) is 0 Å². The summed E-state index contributed by atoms with van der Waals surface area (Å²) in [6, 6.07) is 14.6. The zero-order valence-electron chi connectivity index (χ0n) is 18.1. The molecule has 166 valence electrons. The van der Waals surface area contributed by atoms with Gasteiger partial charge in [0.15, 0.2) is 5.11 Å². The van der Waals surface area contributed by atoms with Crippen LogP contribution in [-0.4, -0.2) is 16.1 Å². The molecular formula is C25H25ClN2O3S. The highest BCUT2D eigenvalue weighted by atomic mass is 35.5. The Balaban J connectivity index is 1.60. The first kappa shape index (κ1) is 23.6. The van der Waals surface area contributed by atoms with Crippen molar-refractivity contribution < 1.29 is 14.3 Å².